The molecule has 0 saturated heterocycles. The van der Waals surface area contributed by atoms with Crippen molar-refractivity contribution in [2.75, 3.05) is 14.2 Å². The maximum absolute atomic E-state index is 13.3. The number of ether oxygens (including phenoxy) is 3. The van der Waals surface area contributed by atoms with E-state index >= 15 is 0 Å². The standard InChI is InChI=1S/C21H29NO5S/c1-8-9-12(2)17(20(24)27-21(3,4)5)18(23)16-10-13-15(28-16)11-14(25-6)19(22-13)26-7/h10-12,17H,8-9H2,1-7H3. The summed E-state index contributed by atoms with van der Waals surface area (Å²) in [6, 6.07) is 3.50. The van der Waals surface area contributed by atoms with Gasteiger partial charge in [0, 0.05) is 6.07 Å². The van der Waals surface area contributed by atoms with Gasteiger partial charge in [0.1, 0.15) is 11.5 Å². The first-order valence-corrected chi connectivity index (χ1v) is 10.2. The number of hydrogen-bond acceptors (Lipinski definition) is 7. The molecule has 0 amide bonds. The molecular weight excluding hydrogens is 378 g/mol. The quantitative estimate of drug-likeness (QED) is 0.352. The molecule has 0 fully saturated rings. The molecule has 0 aliphatic rings. The van der Waals surface area contributed by atoms with Crippen LogP contribution < -0.4 is 9.47 Å². The van der Waals surface area contributed by atoms with Crippen LogP contribution in [0.25, 0.3) is 10.2 Å². The van der Waals surface area contributed by atoms with Gasteiger partial charge >= 0.3 is 5.97 Å². The lowest BCUT2D eigenvalue weighted by molar-refractivity contribution is -0.159. The van der Waals surface area contributed by atoms with Crippen LogP contribution in [0, 0.1) is 11.8 Å². The van der Waals surface area contributed by atoms with Gasteiger partial charge in [-0.2, -0.15) is 0 Å². The summed E-state index contributed by atoms with van der Waals surface area (Å²) in [7, 11) is 3.05. The van der Waals surface area contributed by atoms with Crippen LogP contribution in [-0.4, -0.2) is 36.6 Å². The molecule has 28 heavy (non-hydrogen) atoms. The lowest BCUT2D eigenvalue weighted by Crippen LogP contribution is -2.36. The van der Waals surface area contributed by atoms with Crippen LogP contribution >= 0.6 is 11.3 Å². The molecule has 0 N–H and O–H groups in total. The van der Waals surface area contributed by atoms with E-state index in [9.17, 15) is 9.59 Å². The van der Waals surface area contributed by atoms with Crippen molar-refractivity contribution in [3.8, 4) is 11.6 Å². The Morgan fingerprint density at radius 2 is 1.86 bits per heavy atom. The number of aromatic nitrogens is 1. The second-order valence-electron chi connectivity index (χ2n) is 7.84. The van der Waals surface area contributed by atoms with E-state index in [-0.39, 0.29) is 11.7 Å². The summed E-state index contributed by atoms with van der Waals surface area (Å²) in [6.07, 6.45) is 1.65. The Balaban J connectivity index is 2.43. The molecule has 0 radical (unpaired) electrons. The van der Waals surface area contributed by atoms with Crippen LogP contribution in [-0.2, 0) is 9.53 Å². The summed E-state index contributed by atoms with van der Waals surface area (Å²) in [5, 5.41) is 0. The highest BCUT2D eigenvalue weighted by molar-refractivity contribution is 7.20. The Labute approximate surface area is 170 Å². The van der Waals surface area contributed by atoms with Gasteiger partial charge in [-0.25, -0.2) is 4.98 Å². The minimum absolute atomic E-state index is 0.116. The van der Waals surface area contributed by atoms with Crippen LogP contribution in [0.3, 0.4) is 0 Å². The number of carbonyl (C=O) groups excluding carboxylic acids is 2. The number of methoxy groups -OCH3 is 2. The zero-order valence-corrected chi connectivity index (χ0v) is 18.4. The summed E-state index contributed by atoms with van der Waals surface area (Å²) in [4.78, 5) is 31.0. The largest absolute Gasteiger partial charge is 0.491 e. The monoisotopic (exact) mass is 407 g/mol. The predicted octanol–water partition coefficient (Wildman–Crippen LogP) is 4.89. The molecule has 0 aliphatic carbocycles. The van der Waals surface area contributed by atoms with Crippen LogP contribution in [0.5, 0.6) is 11.6 Å². The second kappa shape index (κ2) is 8.90. The number of esters is 1. The minimum atomic E-state index is -0.837. The molecule has 154 valence electrons. The van der Waals surface area contributed by atoms with E-state index in [1.807, 2.05) is 13.8 Å². The van der Waals surface area contributed by atoms with E-state index in [4.69, 9.17) is 14.2 Å². The highest BCUT2D eigenvalue weighted by Gasteiger charge is 2.36. The number of thiophene rings is 1. The van der Waals surface area contributed by atoms with Crippen molar-refractivity contribution in [3.05, 3.63) is 17.0 Å². The van der Waals surface area contributed by atoms with Crippen molar-refractivity contribution in [3.63, 3.8) is 0 Å². The summed E-state index contributed by atoms with van der Waals surface area (Å²) in [5.74, 6) is -0.797. The van der Waals surface area contributed by atoms with E-state index in [2.05, 4.69) is 4.98 Å². The van der Waals surface area contributed by atoms with Crippen molar-refractivity contribution in [2.45, 2.75) is 53.1 Å². The van der Waals surface area contributed by atoms with Crippen LogP contribution in [0.2, 0.25) is 0 Å². The van der Waals surface area contributed by atoms with Crippen LogP contribution in [0.4, 0.5) is 0 Å². The molecule has 0 aliphatic heterocycles. The van der Waals surface area contributed by atoms with Gasteiger partial charge in [-0.1, -0.05) is 20.3 Å². The summed E-state index contributed by atoms with van der Waals surface area (Å²) < 4.78 is 16.9. The van der Waals surface area contributed by atoms with Gasteiger partial charge < -0.3 is 14.2 Å². The van der Waals surface area contributed by atoms with E-state index < -0.39 is 17.5 Å². The SMILES string of the molecule is CCCC(C)C(C(=O)OC(C)(C)C)C(=O)c1cc2nc(OC)c(OC)cc2s1. The smallest absolute Gasteiger partial charge is 0.317 e. The third-order valence-electron chi connectivity index (χ3n) is 4.35. The number of hydrogen-bond donors (Lipinski definition) is 0. The zero-order chi connectivity index (χ0) is 21.1. The number of ketones is 1. The van der Waals surface area contributed by atoms with Gasteiger partial charge in [0.15, 0.2) is 11.5 Å². The topological polar surface area (TPSA) is 74.7 Å². The lowest BCUT2D eigenvalue weighted by atomic mass is 9.86. The zero-order valence-electron chi connectivity index (χ0n) is 17.6. The summed E-state index contributed by atoms with van der Waals surface area (Å²) >= 11 is 1.30. The molecule has 0 aromatic carbocycles. The van der Waals surface area contributed by atoms with E-state index in [1.165, 1.54) is 25.6 Å². The van der Waals surface area contributed by atoms with Crippen molar-refractivity contribution >= 4 is 33.3 Å². The Morgan fingerprint density at radius 3 is 2.39 bits per heavy atom. The van der Waals surface area contributed by atoms with Gasteiger partial charge in [0.2, 0.25) is 0 Å². The second-order valence-corrected chi connectivity index (χ2v) is 8.92. The van der Waals surface area contributed by atoms with Crippen LogP contribution in [0.1, 0.15) is 57.1 Å². The van der Waals surface area contributed by atoms with Crippen molar-refractivity contribution in [1.29, 1.82) is 0 Å². The highest BCUT2D eigenvalue weighted by atomic mass is 32.1. The number of Topliss-reactive ketones (excluding diaryl/α,β-unsaturated/α-hetero) is 1. The van der Waals surface area contributed by atoms with Gasteiger partial charge in [-0.05, 0) is 39.2 Å². The van der Waals surface area contributed by atoms with Gasteiger partial charge in [0.25, 0.3) is 5.88 Å². The van der Waals surface area contributed by atoms with Crippen LogP contribution in [0.15, 0.2) is 12.1 Å². The predicted molar refractivity (Wildman–Crippen MR) is 110 cm³/mol. The molecule has 0 spiro atoms. The van der Waals surface area contributed by atoms with E-state index in [1.54, 1.807) is 32.9 Å². The molecule has 2 atom stereocenters. The Bertz CT molecular complexity index is 811. The lowest BCUT2D eigenvalue weighted by Gasteiger charge is -2.26. The molecule has 2 unspecified atom stereocenters. The highest BCUT2D eigenvalue weighted by Crippen LogP contribution is 2.35. The average Bonchev–Trinajstić information content (AvgIpc) is 3.02. The first-order chi connectivity index (χ1) is 13.1. The van der Waals surface area contributed by atoms with E-state index in [0.29, 0.717) is 22.0 Å². The Hall–Kier alpha value is -2.15. The molecule has 2 rings (SSSR count). The third kappa shape index (κ3) is 5.01. The minimum Gasteiger partial charge on any atom is -0.491 e. The summed E-state index contributed by atoms with van der Waals surface area (Å²) in [6.45, 7) is 9.37. The first kappa shape index (κ1) is 22.1. The number of carbonyl (C=O) groups is 2. The van der Waals surface area contributed by atoms with Crippen molar-refractivity contribution < 1.29 is 23.8 Å². The number of fused-ring (bicyclic) bond motifs is 1. The fraction of sp³-hybridized carbons (Fsp3) is 0.571. The molecule has 0 saturated carbocycles. The average molecular weight is 408 g/mol. The molecule has 6 nitrogen and oxygen atoms in total. The van der Waals surface area contributed by atoms with Gasteiger partial charge in [-0.3, -0.25) is 9.59 Å². The fourth-order valence-corrected chi connectivity index (χ4v) is 4.09. The maximum atomic E-state index is 13.3. The summed E-state index contributed by atoms with van der Waals surface area (Å²) in [5.41, 5.74) is -0.0126. The number of nitrogens with zero attached hydrogens (tertiary/aromatic N) is 1. The maximum Gasteiger partial charge on any atom is 0.317 e. The molecular formula is C21H29NO5S. The number of rotatable bonds is 8. The fourth-order valence-electron chi connectivity index (χ4n) is 3.08. The third-order valence-corrected chi connectivity index (χ3v) is 5.43. The van der Waals surface area contributed by atoms with Crippen molar-refractivity contribution in [1.82, 2.24) is 4.98 Å². The normalized spacial score (nSPS) is 13.8. The molecule has 0 bridgehead atoms. The molecule has 2 aromatic rings. The van der Waals surface area contributed by atoms with Gasteiger partial charge in [0.05, 0.1) is 29.3 Å². The van der Waals surface area contributed by atoms with E-state index in [0.717, 1.165) is 17.5 Å². The number of pyridine rings is 1. The van der Waals surface area contributed by atoms with Crippen molar-refractivity contribution in [2.24, 2.45) is 11.8 Å². The Kier molecular flexibility index (Phi) is 7.04. The Morgan fingerprint density at radius 1 is 1.18 bits per heavy atom. The molecule has 2 aromatic heterocycles. The van der Waals surface area contributed by atoms with Gasteiger partial charge in [-0.15, -0.1) is 11.3 Å². The first-order valence-electron chi connectivity index (χ1n) is 9.40. The molecule has 2 heterocycles. The molecule has 7 heteroatoms.